The van der Waals surface area contributed by atoms with Crippen LogP contribution in [0.15, 0.2) is 72.0 Å². The van der Waals surface area contributed by atoms with E-state index < -0.39 is 16.1 Å². The van der Waals surface area contributed by atoms with Gasteiger partial charge in [0.25, 0.3) is 0 Å². The van der Waals surface area contributed by atoms with Crippen molar-refractivity contribution in [2.75, 3.05) is 26.7 Å². The molecule has 0 amide bonds. The highest BCUT2D eigenvalue weighted by atomic mass is 32.2. The summed E-state index contributed by atoms with van der Waals surface area (Å²) in [6.07, 6.45) is 4.92. The van der Waals surface area contributed by atoms with Crippen LogP contribution in [0.5, 0.6) is 5.75 Å². The number of ether oxygens (including phenoxy) is 1. The Morgan fingerprint density at radius 3 is 2.69 bits per heavy atom. The van der Waals surface area contributed by atoms with Crippen molar-refractivity contribution in [2.24, 2.45) is 5.92 Å². The summed E-state index contributed by atoms with van der Waals surface area (Å²) >= 11 is 0. The van der Waals surface area contributed by atoms with E-state index in [4.69, 9.17) is 4.74 Å². The van der Waals surface area contributed by atoms with Crippen LogP contribution < -0.4 is 4.74 Å². The first-order chi connectivity index (χ1) is 16.8. The lowest BCUT2D eigenvalue weighted by Gasteiger charge is -2.37. The van der Waals surface area contributed by atoms with Gasteiger partial charge in [-0.05, 0) is 49.9 Å². The third-order valence-corrected chi connectivity index (χ3v) is 8.33. The highest BCUT2D eigenvalue weighted by Gasteiger charge is 2.38. The molecule has 2 aromatic heterocycles. The van der Waals surface area contributed by atoms with Crippen molar-refractivity contribution in [1.82, 2.24) is 19.2 Å². The van der Waals surface area contributed by atoms with Gasteiger partial charge >= 0.3 is 0 Å². The molecular weight excluding hydrogens is 464 g/mol. The summed E-state index contributed by atoms with van der Waals surface area (Å²) < 4.78 is 35.2. The molecule has 1 aromatic carbocycles. The molecule has 35 heavy (non-hydrogen) atoms. The lowest BCUT2D eigenvalue weighted by Crippen LogP contribution is -2.49. The van der Waals surface area contributed by atoms with Crippen LogP contribution >= 0.6 is 0 Å². The molecule has 0 fully saturated rings. The van der Waals surface area contributed by atoms with Crippen molar-refractivity contribution >= 4 is 10.0 Å². The van der Waals surface area contributed by atoms with Crippen LogP contribution in [0.2, 0.25) is 0 Å². The minimum Gasteiger partial charge on any atom is -0.487 e. The zero-order chi connectivity index (χ0) is 25.0. The molecule has 0 unspecified atom stereocenters. The molecule has 4 rings (SSSR count). The monoisotopic (exact) mass is 496 g/mol. The average molecular weight is 497 g/mol. The largest absolute Gasteiger partial charge is 0.487 e. The van der Waals surface area contributed by atoms with Gasteiger partial charge in [-0.2, -0.15) is 4.31 Å². The first-order valence-electron chi connectivity index (χ1n) is 11.7. The highest BCUT2D eigenvalue weighted by molar-refractivity contribution is 7.89. The van der Waals surface area contributed by atoms with E-state index in [2.05, 4.69) is 14.9 Å². The van der Waals surface area contributed by atoms with E-state index in [9.17, 15) is 13.5 Å². The Morgan fingerprint density at radius 2 is 2.00 bits per heavy atom. The zero-order valence-corrected chi connectivity index (χ0v) is 21.1. The molecule has 8 nitrogen and oxygen atoms in total. The fourth-order valence-corrected chi connectivity index (χ4v) is 6.12. The van der Waals surface area contributed by atoms with Gasteiger partial charge in [-0.3, -0.25) is 14.9 Å². The summed E-state index contributed by atoms with van der Waals surface area (Å²) in [4.78, 5) is 10.8. The molecule has 3 atom stereocenters. The van der Waals surface area contributed by atoms with Gasteiger partial charge in [-0.1, -0.05) is 25.1 Å². The molecule has 3 heterocycles. The van der Waals surface area contributed by atoms with Crippen molar-refractivity contribution in [1.29, 1.82) is 0 Å². The van der Waals surface area contributed by atoms with Crippen LogP contribution in [0.1, 0.15) is 19.5 Å². The van der Waals surface area contributed by atoms with Crippen LogP contribution in [0, 0.1) is 5.92 Å². The average Bonchev–Trinajstić information content (AvgIpc) is 2.86. The number of sulfonamides is 1. The number of likely N-dealkylation sites (N-methyl/N-ethyl adjacent to an activating group) is 1. The van der Waals surface area contributed by atoms with Gasteiger partial charge in [0.15, 0.2) is 0 Å². The maximum Gasteiger partial charge on any atom is 0.247 e. The van der Waals surface area contributed by atoms with Crippen molar-refractivity contribution in [3.05, 3.63) is 72.8 Å². The fourth-order valence-electron chi connectivity index (χ4n) is 4.30. The SMILES string of the molecule is C[C@H](CO)N1C[C@H](C)[C@H](CN(C)Cc2ccccn2)Oc2cc(-c3cccnc3)ccc2S1(=O)=O. The molecule has 1 aliphatic heterocycles. The molecule has 9 heteroatoms. The van der Waals surface area contributed by atoms with Gasteiger partial charge in [0.2, 0.25) is 10.0 Å². The number of aliphatic hydroxyl groups excluding tert-OH is 1. The minimum absolute atomic E-state index is 0.106. The predicted molar refractivity (Wildman–Crippen MR) is 134 cm³/mol. The smallest absolute Gasteiger partial charge is 0.247 e. The lowest BCUT2D eigenvalue weighted by molar-refractivity contribution is 0.0731. The maximum atomic E-state index is 13.6. The molecule has 3 aromatic rings. The summed E-state index contributed by atoms with van der Waals surface area (Å²) in [6, 6.07) is 14.2. The number of aromatic nitrogens is 2. The standard InChI is InChI=1S/C26H32N4O4S/c1-19-15-30(20(2)18-31)35(32,33)26-10-9-21(22-7-6-11-27-14-22)13-24(26)34-25(19)17-29(3)16-23-8-4-5-12-28-23/h4-14,19-20,25,31H,15-18H2,1-3H3/t19-,20+,25-/m0/s1. The molecule has 0 aliphatic carbocycles. The Hall–Kier alpha value is -2.85. The van der Waals surface area contributed by atoms with Gasteiger partial charge < -0.3 is 9.84 Å². The third-order valence-electron chi connectivity index (χ3n) is 6.31. The Morgan fingerprint density at radius 1 is 1.17 bits per heavy atom. The van der Waals surface area contributed by atoms with Crippen molar-refractivity contribution < 1.29 is 18.3 Å². The molecule has 0 saturated carbocycles. The molecule has 0 spiro atoms. The lowest BCUT2D eigenvalue weighted by atomic mass is 10.0. The molecule has 0 bridgehead atoms. The van der Waals surface area contributed by atoms with Gasteiger partial charge in [-0.25, -0.2) is 8.42 Å². The number of pyridine rings is 2. The number of aliphatic hydroxyl groups is 1. The number of rotatable bonds is 7. The van der Waals surface area contributed by atoms with Crippen molar-refractivity contribution in [3.8, 4) is 16.9 Å². The van der Waals surface area contributed by atoms with Gasteiger partial charge in [0, 0.05) is 55.7 Å². The number of fused-ring (bicyclic) bond motifs is 1. The van der Waals surface area contributed by atoms with Crippen molar-refractivity contribution in [3.63, 3.8) is 0 Å². The van der Waals surface area contributed by atoms with Crippen LogP contribution in [0.4, 0.5) is 0 Å². The predicted octanol–water partition coefficient (Wildman–Crippen LogP) is 3.04. The molecule has 186 valence electrons. The highest BCUT2D eigenvalue weighted by Crippen LogP contribution is 2.36. The summed E-state index contributed by atoms with van der Waals surface area (Å²) in [7, 11) is -1.88. The van der Waals surface area contributed by atoms with E-state index in [0.717, 1.165) is 16.8 Å². The number of nitrogens with zero attached hydrogens (tertiary/aromatic N) is 4. The van der Waals surface area contributed by atoms with Gasteiger partial charge in [-0.15, -0.1) is 0 Å². The van der Waals surface area contributed by atoms with E-state index in [1.54, 1.807) is 43.7 Å². The van der Waals surface area contributed by atoms with Crippen LogP contribution in [-0.4, -0.2) is 71.6 Å². The second-order valence-electron chi connectivity index (χ2n) is 9.16. The Kier molecular flexibility index (Phi) is 7.81. The van der Waals surface area contributed by atoms with E-state index in [0.29, 0.717) is 18.8 Å². The summed E-state index contributed by atoms with van der Waals surface area (Å²) in [5.41, 5.74) is 2.64. The zero-order valence-electron chi connectivity index (χ0n) is 20.3. The van der Waals surface area contributed by atoms with E-state index in [1.165, 1.54) is 4.31 Å². The van der Waals surface area contributed by atoms with Crippen molar-refractivity contribution in [2.45, 2.75) is 37.4 Å². The molecule has 0 saturated heterocycles. The normalized spacial score (nSPS) is 20.9. The van der Waals surface area contributed by atoms with Gasteiger partial charge in [0.05, 0.1) is 12.3 Å². The Labute approximate surface area is 207 Å². The van der Waals surface area contributed by atoms with Gasteiger partial charge in [0.1, 0.15) is 16.7 Å². The van der Waals surface area contributed by atoms with Crippen LogP contribution in [-0.2, 0) is 16.6 Å². The van der Waals surface area contributed by atoms with E-state index >= 15 is 0 Å². The second-order valence-corrected chi connectivity index (χ2v) is 11.0. The number of hydrogen-bond donors (Lipinski definition) is 1. The second kappa shape index (κ2) is 10.8. The first kappa shape index (κ1) is 25.2. The van der Waals surface area contributed by atoms with E-state index in [-0.39, 0.29) is 30.1 Å². The molecule has 1 aliphatic rings. The molecule has 1 N–H and O–H groups in total. The molecule has 0 radical (unpaired) electrons. The Balaban J connectivity index is 1.72. The minimum atomic E-state index is -3.88. The number of benzene rings is 1. The van der Waals surface area contributed by atoms with E-state index in [1.807, 2.05) is 44.3 Å². The Bertz CT molecular complexity index is 1220. The van der Waals surface area contributed by atoms with Crippen LogP contribution in [0.3, 0.4) is 0 Å². The third kappa shape index (κ3) is 5.70. The maximum absolute atomic E-state index is 13.6. The first-order valence-corrected chi connectivity index (χ1v) is 13.2. The molecular formula is C26H32N4O4S. The quantitative estimate of drug-likeness (QED) is 0.537. The fraction of sp³-hybridized carbons (Fsp3) is 0.385. The number of hydrogen-bond acceptors (Lipinski definition) is 7. The summed E-state index contributed by atoms with van der Waals surface area (Å²) in [5.74, 6) is 0.185. The topological polar surface area (TPSA) is 95.9 Å². The van der Waals surface area contributed by atoms with Crippen LogP contribution in [0.25, 0.3) is 11.1 Å². The summed E-state index contributed by atoms with van der Waals surface area (Å²) in [5, 5.41) is 9.82. The summed E-state index contributed by atoms with van der Waals surface area (Å²) in [6.45, 7) is 4.91.